The second-order valence-corrected chi connectivity index (χ2v) is 8.48. The summed E-state index contributed by atoms with van der Waals surface area (Å²) in [7, 11) is -4.13. The van der Waals surface area contributed by atoms with Crippen LogP contribution in [0.1, 0.15) is 16.7 Å². The molecule has 3 aromatic carbocycles. The number of rotatable bonds is 6. The molecule has 3 rings (SSSR count). The van der Waals surface area contributed by atoms with Gasteiger partial charge in [0.15, 0.2) is 0 Å². The van der Waals surface area contributed by atoms with Gasteiger partial charge in [0, 0.05) is 18.1 Å². The third kappa shape index (κ3) is 4.57. The van der Waals surface area contributed by atoms with E-state index in [4.69, 9.17) is 16.9 Å². The van der Waals surface area contributed by atoms with Crippen LogP contribution in [0.2, 0.25) is 5.02 Å². The summed E-state index contributed by atoms with van der Waals surface area (Å²) in [6.07, 6.45) is 0. The van der Waals surface area contributed by atoms with Crippen molar-refractivity contribution in [2.75, 3.05) is 0 Å². The fourth-order valence-corrected chi connectivity index (χ4v) is 4.35. The van der Waals surface area contributed by atoms with Gasteiger partial charge < -0.3 is 0 Å². The number of halogens is 2. The molecule has 0 unspecified atom stereocenters. The predicted molar refractivity (Wildman–Crippen MR) is 105 cm³/mol. The molecule has 0 atom stereocenters. The van der Waals surface area contributed by atoms with Crippen LogP contribution in [0.4, 0.5) is 4.39 Å². The first kappa shape index (κ1) is 20.0. The lowest BCUT2D eigenvalue weighted by Gasteiger charge is -2.23. The Kier molecular flexibility index (Phi) is 6.10. The molecule has 0 radical (unpaired) electrons. The molecule has 7 heteroatoms. The fraction of sp³-hybridized carbons (Fsp3) is 0.0952. The summed E-state index contributed by atoms with van der Waals surface area (Å²) in [4.78, 5) is -0.429. The monoisotopic (exact) mass is 414 g/mol. The Hall–Kier alpha value is -2.72. The van der Waals surface area contributed by atoms with Crippen LogP contribution in [-0.2, 0) is 23.1 Å². The zero-order chi connectivity index (χ0) is 20.1. The van der Waals surface area contributed by atoms with Gasteiger partial charge in [-0.1, -0.05) is 54.1 Å². The summed E-state index contributed by atoms with van der Waals surface area (Å²) in [5.41, 5.74) is 1.94. The third-order valence-electron chi connectivity index (χ3n) is 4.16. The van der Waals surface area contributed by atoms with E-state index in [1.54, 1.807) is 36.4 Å². The van der Waals surface area contributed by atoms with Crippen molar-refractivity contribution in [2.45, 2.75) is 18.0 Å². The first-order chi connectivity index (χ1) is 13.4. The van der Waals surface area contributed by atoms with E-state index in [0.29, 0.717) is 11.1 Å². The molecule has 0 aliphatic heterocycles. The van der Waals surface area contributed by atoms with E-state index in [-0.39, 0.29) is 18.1 Å². The van der Waals surface area contributed by atoms with Crippen LogP contribution >= 0.6 is 11.6 Å². The highest BCUT2D eigenvalue weighted by atomic mass is 35.5. The number of hydrogen-bond donors (Lipinski definition) is 0. The lowest BCUT2D eigenvalue weighted by atomic mass is 10.1. The van der Waals surface area contributed by atoms with E-state index >= 15 is 0 Å². The molecule has 4 nitrogen and oxygen atoms in total. The molecule has 28 heavy (non-hydrogen) atoms. The molecule has 3 aromatic rings. The molecular formula is C21H16ClFN2O2S. The molecule has 0 bridgehead atoms. The van der Waals surface area contributed by atoms with E-state index in [1.807, 2.05) is 24.3 Å². The standard InChI is InChI=1S/C21H16ClFN2O2S/c22-19-10-11-21(20(23)12-19)28(26,27)25(14-17-4-2-1-3-5-17)15-18-8-6-16(13-24)7-9-18/h1-12H,14-15H2. The molecule has 0 fully saturated rings. The van der Waals surface area contributed by atoms with Gasteiger partial charge in [-0.3, -0.25) is 0 Å². The van der Waals surface area contributed by atoms with Gasteiger partial charge in [0.1, 0.15) is 10.7 Å². The smallest absolute Gasteiger partial charge is 0.207 e. The van der Waals surface area contributed by atoms with Gasteiger partial charge >= 0.3 is 0 Å². The van der Waals surface area contributed by atoms with Gasteiger partial charge in [-0.05, 0) is 41.5 Å². The quantitative estimate of drug-likeness (QED) is 0.585. The van der Waals surface area contributed by atoms with Crippen LogP contribution in [-0.4, -0.2) is 12.7 Å². The van der Waals surface area contributed by atoms with E-state index in [0.717, 1.165) is 11.6 Å². The first-order valence-electron chi connectivity index (χ1n) is 8.38. The summed E-state index contributed by atoms with van der Waals surface area (Å²) < 4.78 is 41.9. The third-order valence-corrected chi connectivity index (χ3v) is 6.22. The van der Waals surface area contributed by atoms with Crippen LogP contribution < -0.4 is 0 Å². The highest BCUT2D eigenvalue weighted by molar-refractivity contribution is 7.89. The maximum atomic E-state index is 14.4. The molecule has 142 valence electrons. The Morgan fingerprint density at radius 3 is 2.11 bits per heavy atom. The number of nitrogens with zero attached hydrogens (tertiary/aromatic N) is 2. The number of nitriles is 1. The molecule has 0 aromatic heterocycles. The highest BCUT2D eigenvalue weighted by Crippen LogP contribution is 2.25. The number of sulfonamides is 1. The molecule has 0 amide bonds. The summed E-state index contributed by atoms with van der Waals surface area (Å²) >= 11 is 5.76. The van der Waals surface area contributed by atoms with Crippen molar-refractivity contribution < 1.29 is 12.8 Å². The minimum Gasteiger partial charge on any atom is -0.207 e. The van der Waals surface area contributed by atoms with Crippen LogP contribution in [0.5, 0.6) is 0 Å². The van der Waals surface area contributed by atoms with E-state index in [1.165, 1.54) is 16.4 Å². The zero-order valence-electron chi connectivity index (χ0n) is 14.7. The maximum Gasteiger partial charge on any atom is 0.246 e. The number of hydrogen-bond acceptors (Lipinski definition) is 3. The first-order valence-corrected chi connectivity index (χ1v) is 10.2. The van der Waals surface area contributed by atoms with Gasteiger partial charge in [0.25, 0.3) is 0 Å². The molecule has 0 saturated heterocycles. The Labute approximate surface area is 168 Å². The minimum absolute atomic E-state index is 0.0327. The second-order valence-electron chi connectivity index (χ2n) is 6.14. The van der Waals surface area contributed by atoms with Crippen molar-refractivity contribution in [3.63, 3.8) is 0 Å². The van der Waals surface area contributed by atoms with E-state index in [9.17, 15) is 12.8 Å². The van der Waals surface area contributed by atoms with Gasteiger partial charge in [-0.15, -0.1) is 0 Å². The van der Waals surface area contributed by atoms with Gasteiger partial charge in [-0.2, -0.15) is 9.57 Å². The van der Waals surface area contributed by atoms with Crippen LogP contribution in [0.3, 0.4) is 0 Å². The summed E-state index contributed by atoms with van der Waals surface area (Å²) in [5, 5.41) is 9.05. The molecule has 0 aliphatic rings. The van der Waals surface area contributed by atoms with Gasteiger partial charge in [0.2, 0.25) is 10.0 Å². The average Bonchev–Trinajstić information content (AvgIpc) is 2.68. The van der Waals surface area contributed by atoms with Crippen molar-refractivity contribution >= 4 is 21.6 Å². The molecule has 0 aliphatic carbocycles. The summed E-state index contributed by atoms with van der Waals surface area (Å²) in [5.74, 6) is -0.898. The Morgan fingerprint density at radius 2 is 1.54 bits per heavy atom. The van der Waals surface area contributed by atoms with Crippen molar-refractivity contribution in [2.24, 2.45) is 0 Å². The Balaban J connectivity index is 2.00. The van der Waals surface area contributed by atoms with E-state index < -0.39 is 20.7 Å². The largest absolute Gasteiger partial charge is 0.246 e. The van der Waals surface area contributed by atoms with Crippen LogP contribution in [0.15, 0.2) is 77.7 Å². The average molecular weight is 415 g/mol. The Morgan fingerprint density at radius 1 is 0.929 bits per heavy atom. The highest BCUT2D eigenvalue weighted by Gasteiger charge is 2.28. The second kappa shape index (κ2) is 8.53. The van der Waals surface area contributed by atoms with Crippen LogP contribution in [0.25, 0.3) is 0 Å². The summed E-state index contributed by atoms with van der Waals surface area (Å²) in [6, 6.07) is 21.2. The maximum absolute atomic E-state index is 14.4. The molecule has 0 saturated carbocycles. The molecule has 0 spiro atoms. The number of benzene rings is 3. The van der Waals surface area contributed by atoms with Crippen molar-refractivity contribution in [1.82, 2.24) is 4.31 Å². The zero-order valence-corrected chi connectivity index (χ0v) is 16.3. The van der Waals surface area contributed by atoms with Crippen molar-refractivity contribution in [3.05, 3.63) is 100 Å². The normalized spacial score (nSPS) is 11.4. The lowest BCUT2D eigenvalue weighted by Crippen LogP contribution is -2.31. The van der Waals surface area contributed by atoms with Gasteiger partial charge in [-0.25, -0.2) is 12.8 Å². The topological polar surface area (TPSA) is 61.2 Å². The fourth-order valence-electron chi connectivity index (χ4n) is 2.72. The van der Waals surface area contributed by atoms with E-state index in [2.05, 4.69) is 0 Å². The SMILES string of the molecule is N#Cc1ccc(CN(Cc2ccccc2)S(=O)(=O)c2ccc(Cl)cc2F)cc1. The van der Waals surface area contributed by atoms with Gasteiger partial charge in [0.05, 0.1) is 11.6 Å². The van der Waals surface area contributed by atoms with Crippen molar-refractivity contribution in [1.29, 1.82) is 5.26 Å². The molecular weight excluding hydrogens is 399 g/mol. The predicted octanol–water partition coefficient (Wildman–Crippen LogP) is 4.74. The lowest BCUT2D eigenvalue weighted by molar-refractivity contribution is 0.397. The Bertz CT molecular complexity index is 1110. The minimum atomic E-state index is -4.13. The van der Waals surface area contributed by atoms with Crippen molar-refractivity contribution in [3.8, 4) is 6.07 Å². The molecule has 0 N–H and O–H groups in total. The molecule has 0 heterocycles. The van der Waals surface area contributed by atoms with Crippen LogP contribution in [0, 0.1) is 17.1 Å². The summed E-state index contributed by atoms with van der Waals surface area (Å²) in [6.45, 7) is 0.107.